The summed E-state index contributed by atoms with van der Waals surface area (Å²) in [5.41, 5.74) is 2.27. The van der Waals surface area contributed by atoms with Gasteiger partial charge in [0.25, 0.3) is 5.91 Å². The Morgan fingerprint density at radius 1 is 1.19 bits per heavy atom. The minimum atomic E-state index is -2.94. The second kappa shape index (κ2) is 10.2. The second-order valence-electron chi connectivity index (χ2n) is 9.14. The van der Waals surface area contributed by atoms with Crippen molar-refractivity contribution >= 4 is 29.7 Å². The van der Waals surface area contributed by atoms with Gasteiger partial charge in [-0.25, -0.2) is 9.38 Å². The van der Waals surface area contributed by atoms with Gasteiger partial charge in [-0.3, -0.25) is 9.48 Å². The lowest BCUT2D eigenvalue weighted by atomic mass is 9.98. The van der Waals surface area contributed by atoms with Crippen LogP contribution in [-0.4, -0.2) is 71.0 Å². The molecule has 11 heteroatoms. The maximum atomic E-state index is 15.2. The number of ether oxygens (including phenoxy) is 1. The third kappa shape index (κ3) is 5.26. The highest BCUT2D eigenvalue weighted by atomic mass is 19.3. The number of aromatic nitrogens is 2. The predicted molar refractivity (Wildman–Crippen MR) is 134 cm³/mol. The molecule has 0 aliphatic carbocycles. The van der Waals surface area contributed by atoms with E-state index in [0.717, 1.165) is 25.9 Å². The number of piperidine rings is 1. The molecule has 0 saturated carbocycles. The number of amides is 1. The van der Waals surface area contributed by atoms with Crippen molar-refractivity contribution in [1.29, 1.82) is 0 Å². The third-order valence-corrected chi connectivity index (χ3v) is 6.61. The lowest BCUT2D eigenvalue weighted by molar-refractivity contribution is -0.430. The molecule has 0 bridgehead atoms. The summed E-state index contributed by atoms with van der Waals surface area (Å²) in [6.45, 7) is 2.98. The topological polar surface area (TPSA) is 74.8 Å². The number of nitrogens with zero attached hydrogens (tertiary/aromatic N) is 5. The molecule has 3 aromatic rings. The molecule has 1 N–H and O–H groups in total. The number of hydrogen-bond acceptors (Lipinski definition) is 5. The summed E-state index contributed by atoms with van der Waals surface area (Å²) in [4.78, 5) is 19.7. The van der Waals surface area contributed by atoms with Crippen LogP contribution in [0.4, 0.5) is 24.5 Å². The number of fused-ring (bicyclic) bond motifs is 1. The molecule has 5 rings (SSSR count). The zero-order valence-corrected chi connectivity index (χ0v) is 20.2. The van der Waals surface area contributed by atoms with Gasteiger partial charge in [-0.05, 0) is 63.3 Å². The SMILES string of the molecule is C=[N+]1CN=C(C(=O)Nc2ccc(OC(F)F)cc2)c2cc(-c3cnn(C4CCN(C)CC4)c3)c(F)cc21. The predicted octanol–water partition coefficient (Wildman–Crippen LogP) is 4.30. The molecular formula is C26H26F3N6O2+. The van der Waals surface area contributed by atoms with Gasteiger partial charge >= 0.3 is 6.61 Å². The second-order valence-corrected chi connectivity index (χ2v) is 9.14. The average molecular weight is 512 g/mol. The molecular weight excluding hydrogens is 485 g/mol. The van der Waals surface area contributed by atoms with Crippen molar-refractivity contribution in [3.8, 4) is 16.9 Å². The van der Waals surface area contributed by atoms with Gasteiger partial charge in [-0.1, -0.05) is 0 Å². The van der Waals surface area contributed by atoms with Crippen LogP contribution in [0.2, 0.25) is 0 Å². The number of nitrogens with one attached hydrogen (secondary N) is 1. The zero-order chi connectivity index (χ0) is 26.1. The standard InChI is InChI=1S/C26H25F3N6O2/c1-33-9-7-18(8-10-33)35-14-16(13-31-35)20-11-21-23(12-22(20)27)34(2)15-30-24(21)25(36)32-17-3-5-19(6-4-17)37-26(28)29/h3-6,11-14,18,26H,2,7-10,15H2,1H3/p+1. The Morgan fingerprint density at radius 3 is 2.62 bits per heavy atom. The minimum Gasteiger partial charge on any atom is -0.435 e. The van der Waals surface area contributed by atoms with E-state index in [4.69, 9.17) is 0 Å². The first-order valence-corrected chi connectivity index (χ1v) is 11.8. The number of likely N-dealkylation sites (tertiary alicyclic amines) is 1. The highest BCUT2D eigenvalue weighted by Crippen LogP contribution is 2.33. The van der Waals surface area contributed by atoms with Crippen LogP contribution in [0.1, 0.15) is 24.4 Å². The first kappa shape index (κ1) is 24.7. The number of benzene rings is 2. The van der Waals surface area contributed by atoms with Gasteiger partial charge in [0.15, 0.2) is 0 Å². The van der Waals surface area contributed by atoms with Gasteiger partial charge in [0.2, 0.25) is 12.4 Å². The lowest BCUT2D eigenvalue weighted by Crippen LogP contribution is -2.31. The normalized spacial score (nSPS) is 16.5. The molecule has 2 aliphatic heterocycles. The lowest BCUT2D eigenvalue weighted by Gasteiger charge is -2.28. The van der Waals surface area contributed by atoms with Crippen molar-refractivity contribution in [3.05, 3.63) is 60.2 Å². The van der Waals surface area contributed by atoms with E-state index in [-0.39, 0.29) is 24.2 Å². The summed E-state index contributed by atoms with van der Waals surface area (Å²) < 4.78 is 47.7. The molecule has 1 amide bonds. The van der Waals surface area contributed by atoms with Crippen molar-refractivity contribution in [2.45, 2.75) is 25.5 Å². The van der Waals surface area contributed by atoms with Crippen molar-refractivity contribution in [2.24, 2.45) is 4.99 Å². The monoisotopic (exact) mass is 511 g/mol. The number of alkyl halides is 2. The number of anilines is 1. The zero-order valence-electron chi connectivity index (χ0n) is 20.2. The first-order valence-electron chi connectivity index (χ1n) is 11.8. The summed E-state index contributed by atoms with van der Waals surface area (Å²) in [7, 11) is 2.09. The molecule has 0 radical (unpaired) electrons. The van der Waals surface area contributed by atoms with E-state index in [1.807, 2.05) is 10.9 Å². The van der Waals surface area contributed by atoms with Crippen LogP contribution in [0.25, 0.3) is 11.1 Å². The molecule has 0 atom stereocenters. The summed E-state index contributed by atoms with van der Waals surface area (Å²) >= 11 is 0. The van der Waals surface area contributed by atoms with Crippen LogP contribution >= 0.6 is 0 Å². The van der Waals surface area contributed by atoms with E-state index < -0.39 is 18.3 Å². The summed E-state index contributed by atoms with van der Waals surface area (Å²) in [5, 5.41) is 7.19. The van der Waals surface area contributed by atoms with Gasteiger partial charge in [0.05, 0.1) is 17.8 Å². The minimum absolute atomic E-state index is 0.0260. The number of hydrogen-bond donors (Lipinski definition) is 1. The fourth-order valence-corrected chi connectivity index (χ4v) is 4.59. The van der Waals surface area contributed by atoms with E-state index in [1.54, 1.807) is 12.3 Å². The molecule has 2 aliphatic rings. The summed E-state index contributed by atoms with van der Waals surface area (Å²) in [5.74, 6) is -0.995. The molecule has 1 aromatic heterocycles. The smallest absolute Gasteiger partial charge is 0.387 e. The van der Waals surface area contributed by atoms with Crippen molar-refractivity contribution in [2.75, 3.05) is 32.1 Å². The fraction of sp³-hybridized carbons (Fsp3) is 0.308. The molecule has 2 aromatic carbocycles. The Labute approximate surface area is 211 Å². The maximum absolute atomic E-state index is 15.2. The number of rotatable bonds is 6. The Bertz CT molecular complexity index is 1360. The third-order valence-electron chi connectivity index (χ3n) is 6.61. The van der Waals surface area contributed by atoms with Crippen LogP contribution < -0.4 is 10.1 Å². The molecule has 1 fully saturated rings. The molecule has 37 heavy (non-hydrogen) atoms. The van der Waals surface area contributed by atoms with Crippen LogP contribution in [-0.2, 0) is 4.79 Å². The average Bonchev–Trinajstić information content (AvgIpc) is 3.35. The maximum Gasteiger partial charge on any atom is 0.387 e. The van der Waals surface area contributed by atoms with Gasteiger partial charge in [0, 0.05) is 29.1 Å². The van der Waals surface area contributed by atoms with Crippen LogP contribution in [0.5, 0.6) is 5.75 Å². The van der Waals surface area contributed by atoms with E-state index in [0.29, 0.717) is 28.1 Å². The molecule has 8 nitrogen and oxygen atoms in total. The highest BCUT2D eigenvalue weighted by molar-refractivity contribution is 6.49. The van der Waals surface area contributed by atoms with Crippen molar-refractivity contribution < 1.29 is 27.3 Å². The van der Waals surface area contributed by atoms with Gasteiger partial charge in [0.1, 0.15) is 24.0 Å². The van der Waals surface area contributed by atoms with Crippen LogP contribution in [0, 0.1) is 5.82 Å². The van der Waals surface area contributed by atoms with Gasteiger partial charge in [-0.15, -0.1) is 0 Å². The van der Waals surface area contributed by atoms with E-state index >= 15 is 4.39 Å². The molecule has 0 unspecified atom stereocenters. The van der Waals surface area contributed by atoms with E-state index in [1.165, 1.54) is 34.9 Å². The van der Waals surface area contributed by atoms with E-state index in [2.05, 4.69) is 38.8 Å². The van der Waals surface area contributed by atoms with Crippen LogP contribution in [0.3, 0.4) is 0 Å². The highest BCUT2D eigenvalue weighted by Gasteiger charge is 2.30. The summed E-state index contributed by atoms with van der Waals surface area (Å²) in [6, 6.07) is 8.74. The van der Waals surface area contributed by atoms with Crippen molar-refractivity contribution in [3.63, 3.8) is 0 Å². The number of halogens is 3. The molecule has 0 spiro atoms. The number of carbonyl (C=O) groups excluding carboxylic acids is 1. The Kier molecular flexibility index (Phi) is 6.79. The largest absolute Gasteiger partial charge is 0.435 e. The van der Waals surface area contributed by atoms with Gasteiger partial charge < -0.3 is 15.0 Å². The summed E-state index contributed by atoms with van der Waals surface area (Å²) in [6.07, 6.45) is 5.40. The fourth-order valence-electron chi connectivity index (χ4n) is 4.59. The van der Waals surface area contributed by atoms with Gasteiger partial charge in [-0.2, -0.15) is 18.5 Å². The van der Waals surface area contributed by atoms with Crippen molar-refractivity contribution in [1.82, 2.24) is 14.7 Å². The first-order chi connectivity index (χ1) is 17.8. The molecule has 192 valence electrons. The molecule has 3 heterocycles. The Hall–Kier alpha value is -3.99. The quantitative estimate of drug-likeness (QED) is 0.501. The Morgan fingerprint density at radius 2 is 1.92 bits per heavy atom. The molecule has 1 saturated heterocycles. The number of carbonyl (C=O) groups is 1. The van der Waals surface area contributed by atoms with E-state index in [9.17, 15) is 13.6 Å². The van der Waals surface area contributed by atoms with Crippen LogP contribution in [0.15, 0.2) is 53.8 Å². The Balaban J connectivity index is 1.40. The number of aliphatic imine (C=N–C) groups is 1.